The molecule has 0 aliphatic rings. The first-order valence-electron chi connectivity index (χ1n) is 7.07. The fourth-order valence-electron chi connectivity index (χ4n) is 1.91. The molecule has 1 heterocycles. The first-order valence-corrected chi connectivity index (χ1v) is 7.07. The molecule has 0 aliphatic carbocycles. The summed E-state index contributed by atoms with van der Waals surface area (Å²) in [6.07, 6.45) is 1.27. The summed E-state index contributed by atoms with van der Waals surface area (Å²) in [6, 6.07) is 6.01. The van der Waals surface area contributed by atoms with Gasteiger partial charge in [-0.25, -0.2) is 10.4 Å². The summed E-state index contributed by atoms with van der Waals surface area (Å²) in [6.45, 7) is 0.687. The lowest BCUT2D eigenvalue weighted by molar-refractivity contribution is -0.0515. The van der Waals surface area contributed by atoms with Crippen LogP contribution >= 0.6 is 0 Å². The van der Waals surface area contributed by atoms with Crippen LogP contribution in [0.5, 0.6) is 11.5 Å². The van der Waals surface area contributed by atoms with Crippen molar-refractivity contribution in [3.8, 4) is 11.5 Å². The summed E-state index contributed by atoms with van der Waals surface area (Å²) in [5.41, 5.74) is 2.98. The normalized spacial score (nSPS) is 11.0. The summed E-state index contributed by atoms with van der Waals surface area (Å²) in [7, 11) is 0. The molecular formula is C15H16F2N4O3. The lowest BCUT2D eigenvalue weighted by atomic mass is 10.2. The van der Waals surface area contributed by atoms with E-state index in [-0.39, 0.29) is 28.6 Å². The Morgan fingerprint density at radius 1 is 1.46 bits per heavy atom. The molecule has 0 unspecified atom stereocenters. The smallest absolute Gasteiger partial charge is 0.387 e. The quantitative estimate of drug-likeness (QED) is 0.598. The molecule has 7 nitrogen and oxygen atoms in total. The van der Waals surface area contributed by atoms with Crippen LogP contribution in [0.2, 0.25) is 0 Å². The van der Waals surface area contributed by atoms with Crippen LogP contribution in [0.4, 0.5) is 14.7 Å². The van der Waals surface area contributed by atoms with Gasteiger partial charge in [-0.2, -0.15) is 13.9 Å². The standard InChI is InChI=1S/C15H16F2N4O3/c1-3-23-11-6-4-5-10(13(11)24-14(16)17)8-18-21-15-19-9(2)7-12(22)20-15/h4-8,14H,3H2,1-2H3,(H2,19,20,21,22)/b18-8-. The van der Waals surface area contributed by atoms with E-state index in [9.17, 15) is 13.6 Å². The van der Waals surface area contributed by atoms with E-state index in [2.05, 4.69) is 25.2 Å². The van der Waals surface area contributed by atoms with Gasteiger partial charge < -0.3 is 9.47 Å². The van der Waals surface area contributed by atoms with Gasteiger partial charge in [0, 0.05) is 17.3 Å². The van der Waals surface area contributed by atoms with Gasteiger partial charge in [-0.05, 0) is 26.0 Å². The highest BCUT2D eigenvalue weighted by Gasteiger charge is 2.14. The molecule has 0 radical (unpaired) electrons. The van der Waals surface area contributed by atoms with Crippen molar-refractivity contribution in [1.29, 1.82) is 0 Å². The van der Waals surface area contributed by atoms with Crippen molar-refractivity contribution in [2.75, 3.05) is 12.0 Å². The van der Waals surface area contributed by atoms with Gasteiger partial charge in [-0.1, -0.05) is 6.07 Å². The second kappa shape index (κ2) is 8.04. The number of alkyl halides is 2. The van der Waals surface area contributed by atoms with Crippen molar-refractivity contribution in [2.24, 2.45) is 5.10 Å². The summed E-state index contributed by atoms with van der Waals surface area (Å²) < 4.78 is 35.0. The van der Waals surface area contributed by atoms with Gasteiger partial charge in [-0.3, -0.25) is 9.78 Å². The zero-order chi connectivity index (χ0) is 17.5. The number of aromatic amines is 1. The van der Waals surface area contributed by atoms with Crippen LogP contribution in [0.15, 0.2) is 34.2 Å². The van der Waals surface area contributed by atoms with Crippen LogP contribution < -0.4 is 20.5 Å². The SMILES string of the molecule is CCOc1cccc(/C=N\Nc2nc(C)cc(=O)[nH]2)c1OC(F)F. The van der Waals surface area contributed by atoms with Gasteiger partial charge in [0.15, 0.2) is 11.5 Å². The van der Waals surface area contributed by atoms with Crippen LogP contribution in [0, 0.1) is 6.92 Å². The fraction of sp³-hybridized carbons (Fsp3) is 0.267. The van der Waals surface area contributed by atoms with E-state index < -0.39 is 6.61 Å². The zero-order valence-electron chi connectivity index (χ0n) is 13.0. The molecule has 2 aromatic rings. The van der Waals surface area contributed by atoms with E-state index >= 15 is 0 Å². The average molecular weight is 338 g/mol. The predicted molar refractivity (Wildman–Crippen MR) is 85.1 cm³/mol. The molecule has 2 N–H and O–H groups in total. The van der Waals surface area contributed by atoms with Crippen molar-refractivity contribution in [3.63, 3.8) is 0 Å². The number of aromatic nitrogens is 2. The fourth-order valence-corrected chi connectivity index (χ4v) is 1.91. The lowest BCUT2D eigenvalue weighted by Gasteiger charge is -2.13. The van der Waals surface area contributed by atoms with Crippen molar-refractivity contribution in [2.45, 2.75) is 20.5 Å². The van der Waals surface area contributed by atoms with Crippen molar-refractivity contribution in [1.82, 2.24) is 9.97 Å². The largest absolute Gasteiger partial charge is 0.490 e. The molecule has 0 saturated carbocycles. The molecule has 0 spiro atoms. The molecule has 0 atom stereocenters. The number of hydrazone groups is 1. The lowest BCUT2D eigenvalue weighted by Crippen LogP contribution is -2.10. The second-order valence-corrected chi connectivity index (χ2v) is 4.59. The summed E-state index contributed by atoms with van der Waals surface area (Å²) in [5, 5.41) is 3.88. The maximum Gasteiger partial charge on any atom is 0.387 e. The molecule has 1 aromatic carbocycles. The van der Waals surface area contributed by atoms with Gasteiger partial charge in [0.25, 0.3) is 5.56 Å². The molecule has 1 aromatic heterocycles. The Bertz CT molecular complexity index is 778. The highest BCUT2D eigenvalue weighted by atomic mass is 19.3. The number of nitrogens with one attached hydrogen (secondary N) is 2. The van der Waals surface area contributed by atoms with Gasteiger partial charge in [-0.15, -0.1) is 0 Å². The van der Waals surface area contributed by atoms with E-state index in [1.54, 1.807) is 19.9 Å². The number of anilines is 1. The number of hydrogen-bond acceptors (Lipinski definition) is 6. The minimum atomic E-state index is -3.00. The molecular weight excluding hydrogens is 322 g/mol. The Balaban J connectivity index is 2.24. The molecule has 2 rings (SSSR count). The van der Waals surface area contributed by atoms with Gasteiger partial charge in [0.1, 0.15) is 0 Å². The highest BCUT2D eigenvalue weighted by Crippen LogP contribution is 2.31. The number of hydrogen-bond donors (Lipinski definition) is 2. The maximum atomic E-state index is 12.6. The minimum absolute atomic E-state index is 0.120. The van der Waals surface area contributed by atoms with Gasteiger partial charge in [0.05, 0.1) is 12.8 Å². The Hall–Kier alpha value is -2.97. The first-order chi connectivity index (χ1) is 11.5. The maximum absolute atomic E-state index is 12.6. The Morgan fingerprint density at radius 2 is 2.25 bits per heavy atom. The van der Waals surface area contributed by atoms with E-state index in [4.69, 9.17) is 4.74 Å². The second-order valence-electron chi connectivity index (χ2n) is 4.59. The number of H-pyrrole nitrogens is 1. The number of ether oxygens (including phenoxy) is 2. The van der Waals surface area contributed by atoms with Gasteiger partial charge >= 0.3 is 6.61 Å². The third-order valence-corrected chi connectivity index (χ3v) is 2.76. The Kier molecular flexibility index (Phi) is 5.83. The number of nitrogens with zero attached hydrogens (tertiary/aromatic N) is 2. The molecule has 9 heteroatoms. The van der Waals surface area contributed by atoms with Crippen LogP contribution in [-0.4, -0.2) is 29.4 Å². The van der Waals surface area contributed by atoms with E-state index in [0.29, 0.717) is 12.3 Å². The van der Waals surface area contributed by atoms with Crippen LogP contribution in [0.3, 0.4) is 0 Å². The molecule has 128 valence electrons. The number of rotatable bonds is 7. The molecule has 0 saturated heterocycles. The van der Waals surface area contributed by atoms with Crippen LogP contribution in [0.1, 0.15) is 18.2 Å². The Morgan fingerprint density at radius 3 is 2.92 bits per heavy atom. The molecule has 0 aliphatic heterocycles. The topological polar surface area (TPSA) is 88.6 Å². The third-order valence-electron chi connectivity index (χ3n) is 2.76. The number of benzene rings is 1. The van der Waals surface area contributed by atoms with Crippen molar-refractivity contribution < 1.29 is 18.3 Å². The number of halogens is 2. The Labute approximate surface area is 136 Å². The third kappa shape index (κ3) is 4.77. The van der Waals surface area contributed by atoms with Crippen molar-refractivity contribution in [3.05, 3.63) is 45.9 Å². The summed E-state index contributed by atoms with van der Waals surface area (Å²) >= 11 is 0. The van der Waals surface area contributed by atoms with E-state index in [1.807, 2.05) is 0 Å². The zero-order valence-corrected chi connectivity index (χ0v) is 13.0. The first kappa shape index (κ1) is 17.4. The molecule has 0 bridgehead atoms. The summed E-state index contributed by atoms with van der Waals surface area (Å²) in [5.74, 6) is 0.197. The highest BCUT2D eigenvalue weighted by molar-refractivity contribution is 5.85. The van der Waals surface area contributed by atoms with E-state index in [1.165, 1.54) is 24.4 Å². The minimum Gasteiger partial charge on any atom is -0.490 e. The van der Waals surface area contributed by atoms with Crippen molar-refractivity contribution >= 4 is 12.2 Å². The summed E-state index contributed by atoms with van der Waals surface area (Å²) in [4.78, 5) is 17.8. The van der Waals surface area contributed by atoms with E-state index in [0.717, 1.165) is 0 Å². The van der Waals surface area contributed by atoms with Gasteiger partial charge in [0.2, 0.25) is 5.95 Å². The molecule has 24 heavy (non-hydrogen) atoms. The van der Waals surface area contributed by atoms with Crippen LogP contribution in [-0.2, 0) is 0 Å². The van der Waals surface area contributed by atoms with Crippen LogP contribution in [0.25, 0.3) is 0 Å². The number of para-hydroxylation sites is 1. The molecule has 0 amide bonds. The molecule has 0 fully saturated rings. The predicted octanol–water partition coefficient (Wildman–Crippen LogP) is 2.52. The average Bonchev–Trinajstić information content (AvgIpc) is 2.49. The number of aryl methyl sites for hydroxylation is 1. The monoisotopic (exact) mass is 338 g/mol.